The first kappa shape index (κ1) is 20.3. The second-order valence-electron chi connectivity index (χ2n) is 5.84. The van der Waals surface area contributed by atoms with Crippen LogP contribution in [0.2, 0.25) is 5.02 Å². The van der Waals surface area contributed by atoms with Crippen LogP contribution in [0.25, 0.3) is 0 Å². The lowest BCUT2D eigenvalue weighted by molar-refractivity contribution is -0.153. The van der Waals surface area contributed by atoms with E-state index in [-0.39, 0.29) is 18.1 Å². The third kappa shape index (κ3) is 6.32. The van der Waals surface area contributed by atoms with Crippen LogP contribution < -0.4 is 10.1 Å². The lowest BCUT2D eigenvalue weighted by Crippen LogP contribution is -2.30. The predicted molar refractivity (Wildman–Crippen MR) is 102 cm³/mol. The molecule has 1 atom stereocenters. The van der Waals surface area contributed by atoms with Crippen LogP contribution in [0, 0.1) is 18.3 Å². The maximum atomic E-state index is 12.1. The number of rotatable bonds is 7. The van der Waals surface area contributed by atoms with E-state index in [0.29, 0.717) is 17.0 Å². The number of anilines is 1. The Morgan fingerprint density at radius 3 is 2.56 bits per heavy atom. The minimum absolute atomic E-state index is 0.0220. The fraction of sp³-hybridized carbons (Fsp3) is 0.250. The van der Waals surface area contributed by atoms with Crippen LogP contribution in [0.1, 0.15) is 24.5 Å². The van der Waals surface area contributed by atoms with Gasteiger partial charge >= 0.3 is 5.97 Å². The summed E-state index contributed by atoms with van der Waals surface area (Å²) in [5.41, 5.74) is 1.84. The quantitative estimate of drug-likeness (QED) is 0.730. The lowest BCUT2D eigenvalue weighted by atomic mass is 10.2. The second-order valence-corrected chi connectivity index (χ2v) is 6.25. The number of nitriles is 1. The zero-order chi connectivity index (χ0) is 19.8. The molecule has 1 N–H and O–H groups in total. The fourth-order valence-electron chi connectivity index (χ4n) is 2.12. The van der Waals surface area contributed by atoms with E-state index in [1.54, 1.807) is 6.07 Å². The van der Waals surface area contributed by atoms with E-state index in [0.717, 1.165) is 5.56 Å². The summed E-state index contributed by atoms with van der Waals surface area (Å²) in [6, 6.07) is 13.9. The van der Waals surface area contributed by atoms with Crippen molar-refractivity contribution in [2.75, 3.05) is 11.9 Å². The van der Waals surface area contributed by atoms with Gasteiger partial charge in [0.2, 0.25) is 0 Å². The van der Waals surface area contributed by atoms with Crippen molar-refractivity contribution in [1.82, 2.24) is 0 Å². The molecule has 7 heteroatoms. The molecule has 140 valence electrons. The number of esters is 1. The van der Waals surface area contributed by atoms with Crippen molar-refractivity contribution in [1.29, 1.82) is 5.26 Å². The van der Waals surface area contributed by atoms with E-state index in [1.165, 1.54) is 19.1 Å². The SMILES string of the molecule is Cc1ccc(OCCC(=O)O[C@H](C)C(=O)Nc2ccc(C#N)c(Cl)c2)cc1. The summed E-state index contributed by atoms with van der Waals surface area (Å²) in [4.78, 5) is 24.0. The van der Waals surface area contributed by atoms with Gasteiger partial charge in [-0.05, 0) is 44.2 Å². The number of amides is 1. The minimum atomic E-state index is -0.980. The summed E-state index contributed by atoms with van der Waals surface area (Å²) >= 11 is 5.92. The van der Waals surface area contributed by atoms with Crippen molar-refractivity contribution >= 4 is 29.2 Å². The standard InChI is InChI=1S/C20H19ClN2O4/c1-13-3-7-17(8-4-13)26-10-9-19(24)27-14(2)20(25)23-16-6-5-15(12-22)18(21)11-16/h3-8,11,14H,9-10H2,1-2H3,(H,23,25)/t14-/m1/s1. The Morgan fingerprint density at radius 2 is 1.93 bits per heavy atom. The van der Waals surface area contributed by atoms with Crippen molar-refractivity contribution in [2.45, 2.75) is 26.4 Å². The minimum Gasteiger partial charge on any atom is -0.493 e. The Morgan fingerprint density at radius 1 is 1.22 bits per heavy atom. The zero-order valence-electron chi connectivity index (χ0n) is 15.0. The van der Waals surface area contributed by atoms with Crippen LogP contribution in [-0.2, 0) is 14.3 Å². The fourth-order valence-corrected chi connectivity index (χ4v) is 2.35. The van der Waals surface area contributed by atoms with Crippen molar-refractivity contribution < 1.29 is 19.1 Å². The molecule has 0 saturated heterocycles. The molecule has 0 heterocycles. The highest BCUT2D eigenvalue weighted by Crippen LogP contribution is 2.20. The molecule has 0 fully saturated rings. The molecule has 2 aromatic carbocycles. The normalized spacial score (nSPS) is 11.2. The predicted octanol–water partition coefficient (Wildman–Crippen LogP) is 3.86. The molecule has 0 aliphatic heterocycles. The van der Waals surface area contributed by atoms with E-state index in [1.807, 2.05) is 37.3 Å². The average molecular weight is 387 g/mol. The number of carbonyl (C=O) groups excluding carboxylic acids is 2. The topological polar surface area (TPSA) is 88.4 Å². The Bertz CT molecular complexity index is 859. The Kier molecular flexibility index (Phi) is 7.21. The smallest absolute Gasteiger partial charge is 0.310 e. The summed E-state index contributed by atoms with van der Waals surface area (Å²) in [6.07, 6.45) is -0.958. The largest absolute Gasteiger partial charge is 0.493 e. The van der Waals surface area contributed by atoms with E-state index < -0.39 is 18.0 Å². The van der Waals surface area contributed by atoms with Crippen LogP contribution in [0.4, 0.5) is 5.69 Å². The van der Waals surface area contributed by atoms with Gasteiger partial charge < -0.3 is 14.8 Å². The molecule has 0 aromatic heterocycles. The number of benzene rings is 2. The molecule has 0 saturated carbocycles. The Labute approximate surface area is 162 Å². The van der Waals surface area contributed by atoms with Crippen molar-refractivity contribution in [3.05, 3.63) is 58.6 Å². The zero-order valence-corrected chi connectivity index (χ0v) is 15.7. The number of ether oxygens (including phenoxy) is 2. The maximum Gasteiger partial charge on any atom is 0.310 e. The van der Waals surface area contributed by atoms with Crippen LogP contribution in [0.5, 0.6) is 5.75 Å². The van der Waals surface area contributed by atoms with Gasteiger partial charge in [-0.25, -0.2) is 0 Å². The van der Waals surface area contributed by atoms with Crippen LogP contribution >= 0.6 is 11.6 Å². The van der Waals surface area contributed by atoms with Crippen LogP contribution in [0.15, 0.2) is 42.5 Å². The van der Waals surface area contributed by atoms with Gasteiger partial charge in [0.25, 0.3) is 5.91 Å². The number of hydrogen-bond donors (Lipinski definition) is 1. The summed E-state index contributed by atoms with van der Waals surface area (Å²) < 4.78 is 10.6. The first-order chi connectivity index (χ1) is 12.9. The van der Waals surface area contributed by atoms with Crippen LogP contribution in [-0.4, -0.2) is 24.6 Å². The third-order valence-corrected chi connectivity index (χ3v) is 3.94. The summed E-state index contributed by atoms with van der Waals surface area (Å²) in [5.74, 6) is -0.372. The first-order valence-electron chi connectivity index (χ1n) is 8.28. The Balaban J connectivity index is 1.77. The molecule has 0 unspecified atom stereocenters. The highest BCUT2D eigenvalue weighted by atomic mass is 35.5. The van der Waals surface area contributed by atoms with Crippen LogP contribution in [0.3, 0.4) is 0 Å². The second kappa shape index (κ2) is 9.60. The summed E-state index contributed by atoms with van der Waals surface area (Å²) in [6.45, 7) is 3.60. The number of hydrogen-bond acceptors (Lipinski definition) is 5. The molecule has 0 aliphatic rings. The van der Waals surface area contributed by atoms with Gasteiger partial charge in [-0.1, -0.05) is 29.3 Å². The van der Waals surface area contributed by atoms with Gasteiger partial charge in [-0.2, -0.15) is 5.26 Å². The first-order valence-corrected chi connectivity index (χ1v) is 8.66. The molecule has 6 nitrogen and oxygen atoms in total. The monoisotopic (exact) mass is 386 g/mol. The lowest BCUT2D eigenvalue weighted by Gasteiger charge is -2.14. The third-order valence-electron chi connectivity index (χ3n) is 3.63. The van der Waals surface area contributed by atoms with E-state index in [9.17, 15) is 9.59 Å². The van der Waals surface area contributed by atoms with E-state index in [2.05, 4.69) is 5.32 Å². The molecule has 27 heavy (non-hydrogen) atoms. The van der Waals surface area contributed by atoms with Crippen molar-refractivity contribution in [2.24, 2.45) is 0 Å². The Hall–Kier alpha value is -3.04. The number of halogens is 1. The highest BCUT2D eigenvalue weighted by molar-refractivity contribution is 6.32. The number of carbonyl (C=O) groups is 2. The van der Waals surface area contributed by atoms with Gasteiger partial charge in [-0.15, -0.1) is 0 Å². The number of nitrogens with zero attached hydrogens (tertiary/aromatic N) is 1. The molecule has 0 aliphatic carbocycles. The van der Waals surface area contributed by atoms with E-state index >= 15 is 0 Å². The maximum absolute atomic E-state index is 12.1. The molecule has 2 aromatic rings. The van der Waals surface area contributed by atoms with Crippen molar-refractivity contribution in [3.8, 4) is 11.8 Å². The summed E-state index contributed by atoms with van der Waals surface area (Å²) in [5, 5.41) is 11.7. The molecule has 1 amide bonds. The van der Waals surface area contributed by atoms with Gasteiger partial charge in [-0.3, -0.25) is 9.59 Å². The van der Waals surface area contributed by atoms with E-state index in [4.69, 9.17) is 26.3 Å². The summed E-state index contributed by atoms with van der Waals surface area (Å²) in [7, 11) is 0. The molecule has 0 radical (unpaired) electrons. The van der Waals surface area contributed by atoms with Crippen molar-refractivity contribution in [3.63, 3.8) is 0 Å². The molecule has 2 rings (SSSR count). The van der Waals surface area contributed by atoms with Gasteiger partial charge in [0, 0.05) is 5.69 Å². The average Bonchev–Trinajstić information content (AvgIpc) is 2.63. The van der Waals surface area contributed by atoms with Gasteiger partial charge in [0.1, 0.15) is 11.8 Å². The molecule has 0 spiro atoms. The molecule has 0 bridgehead atoms. The number of aryl methyl sites for hydroxylation is 1. The molecular formula is C20H19ClN2O4. The van der Waals surface area contributed by atoms with Gasteiger partial charge in [0.15, 0.2) is 6.10 Å². The highest BCUT2D eigenvalue weighted by Gasteiger charge is 2.18. The van der Waals surface area contributed by atoms with Gasteiger partial charge in [0.05, 0.1) is 23.6 Å². The number of nitrogens with one attached hydrogen (secondary N) is 1. The molecular weight excluding hydrogens is 368 g/mol.